The molecule has 1 aromatic carbocycles. The number of nitrogens with zero attached hydrogens (tertiary/aromatic N) is 4. The molecule has 0 saturated carbocycles. The van der Waals surface area contributed by atoms with Crippen LogP contribution in [-0.2, 0) is 0 Å². The Hall–Kier alpha value is -2.49. The number of hydrogen-bond acceptors (Lipinski definition) is 3. The molecule has 0 spiro atoms. The average molecular weight is 222 g/mol. The van der Waals surface area contributed by atoms with Crippen LogP contribution in [0, 0.1) is 0 Å². The second-order valence-corrected chi connectivity index (χ2v) is 3.61. The molecule has 4 heteroatoms. The van der Waals surface area contributed by atoms with Gasteiger partial charge in [-0.25, -0.2) is 9.66 Å². The predicted molar refractivity (Wildman–Crippen MR) is 67.0 cm³/mol. The van der Waals surface area contributed by atoms with E-state index < -0.39 is 0 Å². The van der Waals surface area contributed by atoms with E-state index in [1.165, 1.54) is 0 Å². The van der Waals surface area contributed by atoms with E-state index in [9.17, 15) is 0 Å². The predicted octanol–water partition coefficient (Wildman–Crippen LogP) is 2.31. The maximum Gasteiger partial charge on any atom is 0.118 e. The number of pyridine rings is 1. The molecule has 0 saturated heterocycles. The quantitative estimate of drug-likeness (QED) is 0.624. The molecule has 82 valence electrons. The second-order valence-electron chi connectivity index (χ2n) is 3.61. The zero-order valence-corrected chi connectivity index (χ0v) is 9.06. The van der Waals surface area contributed by atoms with Crippen molar-refractivity contribution in [3.63, 3.8) is 0 Å². The van der Waals surface area contributed by atoms with E-state index in [1.54, 1.807) is 29.6 Å². The largest absolute Gasteiger partial charge is 0.264 e. The molecule has 0 atom stereocenters. The minimum Gasteiger partial charge on any atom is -0.264 e. The molecule has 0 N–H and O–H groups in total. The molecular formula is C13H10N4. The van der Waals surface area contributed by atoms with Gasteiger partial charge < -0.3 is 0 Å². The SMILES string of the molecule is C(=N/n1cnc2ccccc21)/c1cccnc1. The number of rotatable bonds is 2. The number of fused-ring (bicyclic) bond motifs is 1. The Morgan fingerprint density at radius 2 is 2.06 bits per heavy atom. The average Bonchev–Trinajstić information content (AvgIpc) is 2.81. The van der Waals surface area contributed by atoms with Gasteiger partial charge in [0.15, 0.2) is 0 Å². The third-order valence-electron chi connectivity index (χ3n) is 2.45. The fourth-order valence-electron chi connectivity index (χ4n) is 1.62. The molecule has 0 fully saturated rings. The van der Waals surface area contributed by atoms with Crippen LogP contribution in [0.4, 0.5) is 0 Å². The van der Waals surface area contributed by atoms with E-state index in [-0.39, 0.29) is 0 Å². The van der Waals surface area contributed by atoms with Crippen LogP contribution in [0.2, 0.25) is 0 Å². The van der Waals surface area contributed by atoms with Crippen molar-refractivity contribution in [2.45, 2.75) is 0 Å². The zero-order chi connectivity index (χ0) is 11.5. The van der Waals surface area contributed by atoms with Gasteiger partial charge >= 0.3 is 0 Å². The van der Waals surface area contributed by atoms with Crippen LogP contribution < -0.4 is 0 Å². The summed E-state index contributed by atoms with van der Waals surface area (Å²) >= 11 is 0. The van der Waals surface area contributed by atoms with E-state index in [1.807, 2.05) is 36.4 Å². The molecule has 0 aliphatic heterocycles. The minimum atomic E-state index is 0.941. The summed E-state index contributed by atoms with van der Waals surface area (Å²) in [5.74, 6) is 0. The highest BCUT2D eigenvalue weighted by molar-refractivity contribution is 5.80. The van der Waals surface area contributed by atoms with Crippen LogP contribution in [0.15, 0.2) is 60.2 Å². The number of hydrogen-bond donors (Lipinski definition) is 0. The van der Waals surface area contributed by atoms with E-state index in [4.69, 9.17) is 0 Å². The molecule has 4 nitrogen and oxygen atoms in total. The van der Waals surface area contributed by atoms with Crippen molar-refractivity contribution >= 4 is 17.2 Å². The smallest absolute Gasteiger partial charge is 0.118 e. The van der Waals surface area contributed by atoms with Gasteiger partial charge in [-0.2, -0.15) is 5.10 Å². The summed E-state index contributed by atoms with van der Waals surface area (Å²) in [4.78, 5) is 8.30. The lowest BCUT2D eigenvalue weighted by molar-refractivity contribution is 0.914. The van der Waals surface area contributed by atoms with E-state index in [0.29, 0.717) is 0 Å². The van der Waals surface area contributed by atoms with E-state index in [0.717, 1.165) is 16.6 Å². The Bertz CT molecular complexity index is 655. The third kappa shape index (κ3) is 1.92. The summed E-state index contributed by atoms with van der Waals surface area (Å²) in [6.07, 6.45) is 6.98. The standard InChI is InChI=1S/C13H10N4/c1-2-6-13-12(5-1)15-10-17(13)16-9-11-4-3-7-14-8-11/h1-10H/b16-9-. The first-order chi connectivity index (χ1) is 8.43. The molecule has 17 heavy (non-hydrogen) atoms. The van der Waals surface area contributed by atoms with E-state index >= 15 is 0 Å². The van der Waals surface area contributed by atoms with Gasteiger partial charge in [0.1, 0.15) is 6.33 Å². The van der Waals surface area contributed by atoms with Crippen molar-refractivity contribution in [2.24, 2.45) is 5.10 Å². The zero-order valence-electron chi connectivity index (χ0n) is 9.06. The number of benzene rings is 1. The second kappa shape index (κ2) is 4.17. The van der Waals surface area contributed by atoms with Gasteiger partial charge in [0.05, 0.1) is 17.2 Å². The Morgan fingerprint density at radius 3 is 2.94 bits per heavy atom. The van der Waals surface area contributed by atoms with E-state index in [2.05, 4.69) is 15.1 Å². The maximum absolute atomic E-state index is 4.35. The lowest BCUT2D eigenvalue weighted by Gasteiger charge is -1.95. The first-order valence-electron chi connectivity index (χ1n) is 5.30. The Labute approximate surface area is 98.3 Å². The Kier molecular flexibility index (Phi) is 2.38. The third-order valence-corrected chi connectivity index (χ3v) is 2.45. The first kappa shape index (κ1) is 9.72. The van der Waals surface area contributed by atoms with Crippen molar-refractivity contribution in [1.82, 2.24) is 14.6 Å². The van der Waals surface area contributed by atoms with Crippen molar-refractivity contribution in [1.29, 1.82) is 0 Å². The Morgan fingerprint density at radius 1 is 1.12 bits per heavy atom. The van der Waals surface area contributed by atoms with Crippen LogP contribution in [-0.4, -0.2) is 20.9 Å². The van der Waals surface area contributed by atoms with Gasteiger partial charge in [-0.1, -0.05) is 18.2 Å². The molecule has 3 aromatic rings. The van der Waals surface area contributed by atoms with Gasteiger partial charge in [-0.05, 0) is 18.2 Å². The molecule has 0 radical (unpaired) electrons. The van der Waals surface area contributed by atoms with Gasteiger partial charge in [0.2, 0.25) is 0 Å². The van der Waals surface area contributed by atoms with Crippen LogP contribution in [0.1, 0.15) is 5.56 Å². The molecule has 0 amide bonds. The molecule has 0 aliphatic carbocycles. The first-order valence-corrected chi connectivity index (χ1v) is 5.30. The summed E-state index contributed by atoms with van der Waals surface area (Å²) in [5.41, 5.74) is 2.90. The summed E-state index contributed by atoms with van der Waals surface area (Å²) in [5, 5.41) is 4.35. The summed E-state index contributed by atoms with van der Waals surface area (Å²) in [6.45, 7) is 0. The lowest BCUT2D eigenvalue weighted by atomic mass is 10.3. The van der Waals surface area contributed by atoms with Crippen LogP contribution in [0.3, 0.4) is 0 Å². The topological polar surface area (TPSA) is 43.1 Å². The summed E-state index contributed by atoms with van der Waals surface area (Å²) in [7, 11) is 0. The van der Waals surface area contributed by atoms with Crippen molar-refractivity contribution < 1.29 is 0 Å². The molecular weight excluding hydrogens is 212 g/mol. The van der Waals surface area contributed by atoms with Crippen molar-refractivity contribution in [3.05, 3.63) is 60.7 Å². The number of imidazole rings is 1. The molecule has 2 aromatic heterocycles. The highest BCUT2D eigenvalue weighted by atomic mass is 15.4. The maximum atomic E-state index is 4.35. The molecule has 0 unspecified atom stereocenters. The highest BCUT2D eigenvalue weighted by Crippen LogP contribution is 2.11. The monoisotopic (exact) mass is 222 g/mol. The Balaban J connectivity index is 1.98. The normalized spacial score (nSPS) is 11.3. The number of aromatic nitrogens is 3. The van der Waals surface area contributed by atoms with Crippen LogP contribution in [0.25, 0.3) is 11.0 Å². The summed E-state index contributed by atoms with van der Waals surface area (Å²) < 4.78 is 1.75. The van der Waals surface area contributed by atoms with Crippen molar-refractivity contribution in [3.8, 4) is 0 Å². The molecule has 0 aliphatic rings. The van der Waals surface area contributed by atoms with Gasteiger partial charge in [-0.3, -0.25) is 4.98 Å². The molecule has 0 bridgehead atoms. The fraction of sp³-hybridized carbons (Fsp3) is 0. The summed E-state index contributed by atoms with van der Waals surface area (Å²) in [6, 6.07) is 11.7. The van der Waals surface area contributed by atoms with Crippen molar-refractivity contribution in [2.75, 3.05) is 0 Å². The van der Waals surface area contributed by atoms with Gasteiger partial charge in [-0.15, -0.1) is 0 Å². The van der Waals surface area contributed by atoms with Crippen LogP contribution >= 0.6 is 0 Å². The van der Waals surface area contributed by atoms with Gasteiger partial charge in [0.25, 0.3) is 0 Å². The lowest BCUT2D eigenvalue weighted by Crippen LogP contribution is -1.89. The molecule has 3 rings (SSSR count). The molecule has 2 heterocycles. The van der Waals surface area contributed by atoms with Crippen LogP contribution in [0.5, 0.6) is 0 Å². The highest BCUT2D eigenvalue weighted by Gasteiger charge is 1.98. The fourth-order valence-corrected chi connectivity index (χ4v) is 1.62. The number of para-hydroxylation sites is 2. The van der Waals surface area contributed by atoms with Gasteiger partial charge in [0, 0.05) is 18.0 Å². The minimum absolute atomic E-state index is 0.941.